The zero-order chi connectivity index (χ0) is 52.1. The molecule has 0 atom stereocenters. The number of azo groups is 1. The smallest absolute Gasteiger partial charge is 0.744 e. The molecule has 0 saturated carbocycles. The maximum Gasteiger partial charge on any atom is 1.00 e. The first-order chi connectivity index (χ1) is 34.2. The summed E-state index contributed by atoms with van der Waals surface area (Å²) >= 11 is 0.473. The van der Waals surface area contributed by atoms with Crippen LogP contribution in [0, 0.1) is 0 Å². The molecule has 0 unspecified atom stereocenters. The second kappa shape index (κ2) is 34.9. The van der Waals surface area contributed by atoms with Crippen molar-refractivity contribution in [3.8, 4) is 5.75 Å². The first-order valence-corrected chi connectivity index (χ1v) is 27.0. The van der Waals surface area contributed by atoms with E-state index in [4.69, 9.17) is 8.37 Å². The number of hydrogen-bond donors (Lipinski definition) is 4. The molecule has 0 aliphatic carbocycles. The summed E-state index contributed by atoms with van der Waals surface area (Å²) in [6.07, 6.45) is 0. The van der Waals surface area contributed by atoms with Crippen LogP contribution in [-0.2, 0) is 76.4 Å². The number of aromatic hydroxyl groups is 1. The van der Waals surface area contributed by atoms with E-state index in [1.54, 1.807) is 0 Å². The molecule has 5 aromatic carbocycles. The quantitative estimate of drug-likeness (QED) is 0.00707. The van der Waals surface area contributed by atoms with Crippen molar-refractivity contribution >= 4 is 134 Å². The van der Waals surface area contributed by atoms with E-state index in [-0.39, 0.29) is 251 Å². The minimum atomic E-state index is -5.32. The predicted octanol–water partition coefficient (Wildman–Crippen LogP) is -12.4. The number of benzene rings is 5. The van der Waals surface area contributed by atoms with Gasteiger partial charge in [-0.05, 0) is 90.3 Å². The fourth-order valence-electron chi connectivity index (χ4n) is 5.78. The summed E-state index contributed by atoms with van der Waals surface area (Å²) in [5, 5.41) is 68.1. The fraction of sp³-hybridized carbons (Fsp3) is 0.114. The van der Waals surface area contributed by atoms with E-state index in [0.717, 1.165) is 0 Å². The molecule has 4 N–H and O–H groups in total. The largest absolute Gasteiger partial charge is 1.00 e. The van der Waals surface area contributed by atoms with Gasteiger partial charge in [0.05, 0.1) is 61.2 Å². The Kier molecular flexibility index (Phi) is 33.8. The molecular weight excluding hydrogens is 1220 g/mol. The first kappa shape index (κ1) is 74.5. The number of anilines is 6. The first-order valence-electron chi connectivity index (χ1n) is 18.8. The molecule has 0 fully saturated rings. The van der Waals surface area contributed by atoms with E-state index in [0.29, 0.717) is 18.2 Å². The van der Waals surface area contributed by atoms with Gasteiger partial charge in [0.15, 0.2) is 50.1 Å². The molecule has 42 heteroatoms. The van der Waals surface area contributed by atoms with Crippen molar-refractivity contribution in [3.05, 3.63) is 91.0 Å². The molecule has 386 valence electrons. The van der Waals surface area contributed by atoms with Crippen molar-refractivity contribution < 1.29 is 248 Å². The topological polar surface area (TPSA) is 445 Å². The van der Waals surface area contributed by atoms with Crippen molar-refractivity contribution in [2.45, 2.75) is 24.5 Å². The van der Waals surface area contributed by atoms with Gasteiger partial charge in [0.1, 0.15) is 31.6 Å². The van der Waals surface area contributed by atoms with Crippen molar-refractivity contribution in [1.29, 1.82) is 0 Å². The van der Waals surface area contributed by atoms with Crippen molar-refractivity contribution in [3.63, 3.8) is 0 Å². The third kappa shape index (κ3) is 22.5. The van der Waals surface area contributed by atoms with E-state index in [9.17, 15) is 63.7 Å². The number of aromatic nitrogens is 3. The average Bonchev–Trinajstić information content (AvgIpc) is 3.32. The van der Waals surface area contributed by atoms with Gasteiger partial charge in [-0.3, -0.25) is 23.5 Å². The van der Waals surface area contributed by atoms with E-state index in [2.05, 4.69) is 69.2 Å². The molecule has 0 aliphatic rings. The van der Waals surface area contributed by atoms with Gasteiger partial charge in [-0.2, -0.15) is 19.3 Å². The summed E-state index contributed by atoms with van der Waals surface area (Å²) in [5.41, 5.74) is -0.760. The molecule has 0 aliphatic heterocycles. The Bertz CT molecular complexity index is 3410. The van der Waals surface area contributed by atoms with Crippen LogP contribution in [0.1, 0.15) is 0 Å². The molecular formula is C35H27N8Na5O22S7. The maximum atomic E-state index is 13.1. The number of nitrogens with one attached hydrogen (secondary N) is 3. The van der Waals surface area contributed by atoms with Crippen LogP contribution in [0.3, 0.4) is 0 Å². The number of fused-ring (bicyclic) bond motifs is 1. The number of rotatable bonds is 27. The standard InChI is InChI=1S/C35H32N8O22S7.5Na/c44-32-27-10-6-23(16-20(27)17-29(66-63-60-45)31(32)43-42-28-19-26(71(52,53)54)9-11-30(28)72(55,56)57)38-35-40-33(36-21-4-7-24(8-5-21)69(48,49)14-12-58-67-64-61-46)39-34(41-35)37-22-2-1-3-25(18-22)70(50,51)15-13-59-68-65-62-47;;;;;/h1-11,16-19,44-47H,12-15H2,(H,52,53,54)(H,55,56,57)(H3,36,37,38,39,40,41);;;;;/q;5*+1/p-5. The Labute approximate surface area is 560 Å². The predicted molar refractivity (Wildman–Crippen MR) is 238 cm³/mol. The van der Waals surface area contributed by atoms with E-state index in [1.807, 2.05) is 0 Å². The fourth-order valence-corrected chi connectivity index (χ4v) is 10.2. The minimum absolute atomic E-state index is 0. The molecule has 1 heterocycles. The second-order valence-corrected chi connectivity index (χ2v) is 22.1. The van der Waals surface area contributed by atoms with Gasteiger partial charge >= 0.3 is 148 Å². The van der Waals surface area contributed by atoms with E-state index < -0.39 is 84.9 Å². The summed E-state index contributed by atoms with van der Waals surface area (Å²) in [5.74, 6) is -2.23. The molecule has 30 nitrogen and oxygen atoms in total. The molecule has 77 heavy (non-hydrogen) atoms. The number of nitrogens with zero attached hydrogens (tertiary/aromatic N) is 5. The van der Waals surface area contributed by atoms with Gasteiger partial charge in [-0.15, -0.1) is 18.9 Å². The minimum Gasteiger partial charge on any atom is -0.744 e. The van der Waals surface area contributed by atoms with Crippen LogP contribution in [0.4, 0.5) is 46.3 Å². The van der Waals surface area contributed by atoms with Crippen LogP contribution in [0.15, 0.2) is 126 Å². The van der Waals surface area contributed by atoms with Crippen LogP contribution >= 0.6 is 36.7 Å². The van der Waals surface area contributed by atoms with E-state index in [1.165, 1.54) is 72.8 Å². The van der Waals surface area contributed by atoms with E-state index >= 15 is 0 Å². The van der Waals surface area contributed by atoms with Gasteiger partial charge in [0.25, 0.3) is 0 Å². The van der Waals surface area contributed by atoms with Crippen molar-refractivity contribution in [2.75, 3.05) is 40.7 Å². The van der Waals surface area contributed by atoms with Gasteiger partial charge in [0.2, 0.25) is 17.8 Å². The van der Waals surface area contributed by atoms with Gasteiger partial charge in [-0.25, -0.2) is 33.7 Å². The SMILES string of the molecule is O=S(=O)([O-])c1ccc(S(=O)(=O)[O-])c(N=Nc2c(SOO[O-])cc3cc(Nc4nc(Nc5ccc(S(=O)(=O)CCOSOO[O-])cc5)nc(Nc5cccc(S(=O)(=O)CCOSOO[O-])c5)n4)ccc3c2O)c1.[Na+].[Na+].[Na+].[Na+].[Na+]. The van der Waals surface area contributed by atoms with Crippen molar-refractivity contribution in [1.82, 2.24) is 15.0 Å². The van der Waals surface area contributed by atoms with Crippen molar-refractivity contribution in [2.24, 2.45) is 10.2 Å². The Hall–Kier alpha value is -0.500. The van der Waals surface area contributed by atoms with Gasteiger partial charge < -0.3 is 45.9 Å². The number of hydrogen-bond acceptors (Lipinski definition) is 33. The van der Waals surface area contributed by atoms with Gasteiger partial charge in [0, 0.05) is 22.4 Å². The molecule has 6 rings (SSSR count). The summed E-state index contributed by atoms with van der Waals surface area (Å²) in [7, 11) is -18.4. The van der Waals surface area contributed by atoms with Crippen LogP contribution in [0.2, 0.25) is 0 Å². The Balaban J connectivity index is 0.00000593. The molecule has 0 amide bonds. The Morgan fingerprint density at radius 3 is 1.58 bits per heavy atom. The molecule has 6 aromatic rings. The summed E-state index contributed by atoms with van der Waals surface area (Å²) < 4.78 is 144. The average molecular weight is 1250 g/mol. The summed E-state index contributed by atoms with van der Waals surface area (Å²) in [6, 6.07) is 17.8. The molecule has 0 radical (unpaired) electrons. The molecule has 1 aromatic heterocycles. The zero-order valence-corrected chi connectivity index (χ0v) is 55.8. The second-order valence-electron chi connectivity index (χ2n) is 13.4. The van der Waals surface area contributed by atoms with Crippen LogP contribution in [0.25, 0.3) is 10.8 Å². The molecule has 0 bridgehead atoms. The Morgan fingerprint density at radius 2 is 1.05 bits per heavy atom. The monoisotopic (exact) mass is 1250 g/mol. The number of phenols is 1. The molecule has 0 saturated heterocycles. The normalized spacial score (nSPS) is 11.6. The Morgan fingerprint density at radius 1 is 0.545 bits per heavy atom. The zero-order valence-electron chi connectivity index (χ0n) is 40.1. The number of sulfone groups is 2. The van der Waals surface area contributed by atoms with Gasteiger partial charge in [-0.1, -0.05) is 6.07 Å². The van der Waals surface area contributed by atoms with Crippen LogP contribution < -0.4 is 180 Å². The van der Waals surface area contributed by atoms with Crippen LogP contribution in [0.5, 0.6) is 5.75 Å². The summed E-state index contributed by atoms with van der Waals surface area (Å²) in [4.78, 5) is 10.6. The molecule has 0 spiro atoms. The number of phenolic OH excluding ortho intramolecular Hbond substituents is 1. The third-order valence-corrected chi connectivity index (χ3v) is 15.3. The summed E-state index contributed by atoms with van der Waals surface area (Å²) in [6.45, 7) is -0.753. The maximum absolute atomic E-state index is 13.1. The third-order valence-electron chi connectivity index (χ3n) is 8.84. The van der Waals surface area contributed by atoms with Crippen LogP contribution in [-0.4, -0.2) is 87.6 Å².